The van der Waals surface area contributed by atoms with Crippen LogP contribution in [0.3, 0.4) is 0 Å². The van der Waals surface area contributed by atoms with Crippen LogP contribution in [0.25, 0.3) is 0 Å². The fraction of sp³-hybridized carbons (Fsp3) is 0.600. The lowest BCUT2D eigenvalue weighted by Crippen LogP contribution is -2.33. The topological polar surface area (TPSA) is 50.2 Å². The minimum atomic E-state index is -0.0200. The van der Waals surface area contributed by atoms with Gasteiger partial charge in [0.2, 0.25) is 5.91 Å². The van der Waals surface area contributed by atoms with Crippen LogP contribution in [-0.2, 0) is 11.3 Å². The summed E-state index contributed by atoms with van der Waals surface area (Å²) in [6.45, 7) is 3.62. The third-order valence-corrected chi connectivity index (χ3v) is 1.89. The van der Waals surface area contributed by atoms with Crippen LogP contribution in [0, 0.1) is 13.0 Å². The van der Waals surface area contributed by atoms with E-state index in [0.717, 1.165) is 12.2 Å². The summed E-state index contributed by atoms with van der Waals surface area (Å²) in [4.78, 5) is 13.4. The van der Waals surface area contributed by atoms with Crippen LogP contribution < -0.4 is 5.32 Å². The third kappa shape index (κ3) is 4.60. The second-order valence-electron chi connectivity index (χ2n) is 3.71. The van der Waals surface area contributed by atoms with Gasteiger partial charge in [0, 0.05) is 25.4 Å². The molecule has 0 aliphatic heterocycles. The van der Waals surface area contributed by atoms with Crippen molar-refractivity contribution >= 4 is 5.91 Å². The van der Waals surface area contributed by atoms with E-state index < -0.39 is 0 Å². The normalized spacial score (nSPS) is 10.7. The van der Waals surface area contributed by atoms with Gasteiger partial charge in [-0.2, -0.15) is 5.10 Å². The van der Waals surface area contributed by atoms with E-state index in [9.17, 15) is 4.79 Å². The van der Waals surface area contributed by atoms with Gasteiger partial charge in [0.25, 0.3) is 0 Å². The first kappa shape index (κ1) is 11.7. The standard InChI is InChI=1S/C10H17N4O/c1-9-4-6-14(12-9)8-10(15)11-5-7-13(2)3/h6H,5,7-8H2,1-3H3,(H,11,15). The predicted octanol–water partition coefficient (Wildman–Crippen LogP) is -0.330. The molecule has 0 saturated heterocycles. The van der Waals surface area contributed by atoms with Gasteiger partial charge in [-0.05, 0) is 21.0 Å². The molecule has 1 heterocycles. The molecule has 1 aromatic rings. The van der Waals surface area contributed by atoms with E-state index in [1.807, 2.05) is 25.9 Å². The highest BCUT2D eigenvalue weighted by atomic mass is 16.2. The molecule has 5 heteroatoms. The van der Waals surface area contributed by atoms with E-state index in [-0.39, 0.29) is 12.5 Å². The molecule has 1 aromatic heterocycles. The lowest BCUT2D eigenvalue weighted by atomic mass is 10.5. The summed E-state index contributed by atoms with van der Waals surface area (Å²) < 4.78 is 1.58. The number of rotatable bonds is 5. The number of hydrogen-bond acceptors (Lipinski definition) is 3. The summed E-state index contributed by atoms with van der Waals surface area (Å²) in [5.74, 6) is -0.0200. The molecule has 1 radical (unpaired) electrons. The smallest absolute Gasteiger partial charge is 0.241 e. The predicted molar refractivity (Wildman–Crippen MR) is 57.4 cm³/mol. The fourth-order valence-electron chi connectivity index (χ4n) is 1.12. The molecule has 0 aliphatic rings. The number of nitrogens with one attached hydrogen (secondary N) is 1. The molecule has 0 atom stereocenters. The van der Waals surface area contributed by atoms with Crippen LogP contribution in [0.4, 0.5) is 0 Å². The highest BCUT2D eigenvalue weighted by Gasteiger charge is 2.02. The number of carbonyl (C=O) groups is 1. The zero-order chi connectivity index (χ0) is 11.3. The van der Waals surface area contributed by atoms with Crippen molar-refractivity contribution in [1.82, 2.24) is 20.0 Å². The Labute approximate surface area is 90.1 Å². The summed E-state index contributed by atoms with van der Waals surface area (Å²) >= 11 is 0. The molecule has 0 aliphatic carbocycles. The summed E-state index contributed by atoms with van der Waals surface area (Å²) in [5, 5.41) is 6.90. The van der Waals surface area contributed by atoms with E-state index in [1.54, 1.807) is 10.9 Å². The lowest BCUT2D eigenvalue weighted by molar-refractivity contribution is -0.121. The second-order valence-corrected chi connectivity index (χ2v) is 3.71. The second kappa shape index (κ2) is 5.50. The monoisotopic (exact) mass is 209 g/mol. The van der Waals surface area contributed by atoms with E-state index >= 15 is 0 Å². The molecule has 1 amide bonds. The Bertz CT molecular complexity index is 319. The lowest BCUT2D eigenvalue weighted by Gasteiger charge is -2.10. The highest BCUT2D eigenvalue weighted by molar-refractivity contribution is 5.75. The Hall–Kier alpha value is -1.36. The molecule has 0 spiro atoms. The molecule has 1 rings (SSSR count). The molecule has 83 valence electrons. The van der Waals surface area contributed by atoms with Crippen LogP contribution in [0.15, 0.2) is 6.20 Å². The minimum absolute atomic E-state index is 0.0200. The van der Waals surface area contributed by atoms with Crippen molar-refractivity contribution in [1.29, 1.82) is 0 Å². The molecule has 1 N–H and O–H groups in total. The van der Waals surface area contributed by atoms with Crippen LogP contribution in [0.2, 0.25) is 0 Å². The molecule has 0 unspecified atom stereocenters. The maximum absolute atomic E-state index is 11.4. The average Bonchev–Trinajstić information content (AvgIpc) is 2.50. The number of nitrogens with zero attached hydrogens (tertiary/aromatic N) is 3. The van der Waals surface area contributed by atoms with Crippen LogP contribution >= 0.6 is 0 Å². The first-order valence-corrected chi connectivity index (χ1v) is 4.91. The van der Waals surface area contributed by atoms with Gasteiger partial charge in [-0.25, -0.2) is 0 Å². The number of aromatic nitrogens is 2. The summed E-state index contributed by atoms with van der Waals surface area (Å²) in [6, 6.07) is 2.91. The molecule has 0 bridgehead atoms. The molecule has 5 nitrogen and oxygen atoms in total. The minimum Gasteiger partial charge on any atom is -0.353 e. The van der Waals surface area contributed by atoms with Crippen molar-refractivity contribution in [2.24, 2.45) is 0 Å². The molecule has 15 heavy (non-hydrogen) atoms. The molecular formula is C10H17N4O. The van der Waals surface area contributed by atoms with Crippen molar-refractivity contribution in [3.05, 3.63) is 18.0 Å². The van der Waals surface area contributed by atoms with E-state index in [1.165, 1.54) is 0 Å². The van der Waals surface area contributed by atoms with Crippen LogP contribution in [-0.4, -0.2) is 47.8 Å². The van der Waals surface area contributed by atoms with Gasteiger partial charge in [-0.15, -0.1) is 0 Å². The van der Waals surface area contributed by atoms with Crippen molar-refractivity contribution in [2.75, 3.05) is 27.2 Å². The zero-order valence-electron chi connectivity index (χ0n) is 9.45. The van der Waals surface area contributed by atoms with E-state index in [4.69, 9.17) is 0 Å². The van der Waals surface area contributed by atoms with Crippen LogP contribution in [0.5, 0.6) is 0 Å². The fourth-order valence-corrected chi connectivity index (χ4v) is 1.12. The Kier molecular flexibility index (Phi) is 4.30. The Morgan fingerprint density at radius 2 is 2.40 bits per heavy atom. The third-order valence-electron chi connectivity index (χ3n) is 1.89. The Morgan fingerprint density at radius 1 is 1.67 bits per heavy atom. The van der Waals surface area contributed by atoms with Gasteiger partial charge in [0.05, 0.1) is 5.69 Å². The quantitative estimate of drug-likeness (QED) is 0.722. The van der Waals surface area contributed by atoms with Gasteiger partial charge in [-0.3, -0.25) is 9.48 Å². The highest BCUT2D eigenvalue weighted by Crippen LogP contribution is 1.90. The van der Waals surface area contributed by atoms with Crippen molar-refractivity contribution < 1.29 is 4.79 Å². The van der Waals surface area contributed by atoms with Gasteiger partial charge in [-0.1, -0.05) is 0 Å². The number of amides is 1. The maximum atomic E-state index is 11.4. The van der Waals surface area contributed by atoms with Crippen molar-refractivity contribution in [2.45, 2.75) is 13.5 Å². The number of aryl methyl sites for hydroxylation is 1. The summed E-state index contributed by atoms with van der Waals surface area (Å²) in [7, 11) is 3.94. The number of carbonyl (C=O) groups excluding carboxylic acids is 1. The molecule has 0 fully saturated rings. The van der Waals surface area contributed by atoms with Crippen LogP contribution in [0.1, 0.15) is 5.69 Å². The summed E-state index contributed by atoms with van der Waals surface area (Å²) in [6.07, 6.45) is 1.68. The Morgan fingerprint density at radius 3 is 2.93 bits per heavy atom. The van der Waals surface area contributed by atoms with Gasteiger partial charge >= 0.3 is 0 Å². The van der Waals surface area contributed by atoms with E-state index in [2.05, 4.69) is 16.5 Å². The van der Waals surface area contributed by atoms with Gasteiger partial charge < -0.3 is 10.2 Å². The molecular weight excluding hydrogens is 192 g/mol. The number of likely N-dealkylation sites (N-methyl/N-ethyl adjacent to an activating group) is 1. The first-order valence-electron chi connectivity index (χ1n) is 4.91. The van der Waals surface area contributed by atoms with Crippen molar-refractivity contribution in [3.8, 4) is 0 Å². The Balaban J connectivity index is 2.24. The SMILES string of the molecule is Cc1[c]cn(CC(=O)NCCN(C)C)n1. The van der Waals surface area contributed by atoms with Crippen molar-refractivity contribution in [3.63, 3.8) is 0 Å². The average molecular weight is 209 g/mol. The first-order chi connectivity index (χ1) is 7.08. The molecule has 0 aromatic carbocycles. The zero-order valence-corrected chi connectivity index (χ0v) is 9.45. The maximum Gasteiger partial charge on any atom is 0.241 e. The van der Waals surface area contributed by atoms with E-state index in [0.29, 0.717) is 6.54 Å². The largest absolute Gasteiger partial charge is 0.353 e. The van der Waals surface area contributed by atoms with Gasteiger partial charge in [0.1, 0.15) is 6.54 Å². The summed E-state index contributed by atoms with van der Waals surface area (Å²) in [5.41, 5.74) is 0.802. The number of hydrogen-bond donors (Lipinski definition) is 1. The van der Waals surface area contributed by atoms with Gasteiger partial charge in [0.15, 0.2) is 0 Å². The molecule has 0 saturated carbocycles.